The number of ketones is 1. The highest BCUT2D eigenvalue weighted by Gasteiger charge is 2.37. The van der Waals surface area contributed by atoms with Crippen LogP contribution in [0.1, 0.15) is 23.2 Å². The molecule has 98 valence electrons. The Morgan fingerprint density at radius 1 is 1.44 bits per heavy atom. The normalized spacial score (nSPS) is 18.4. The van der Waals surface area contributed by atoms with E-state index in [1.807, 2.05) is 0 Å². The summed E-state index contributed by atoms with van der Waals surface area (Å²) in [5.41, 5.74) is 5.74. The Labute approximate surface area is 111 Å². The average Bonchev–Trinajstić information content (AvgIpc) is 2.38. The Morgan fingerprint density at radius 3 is 2.72 bits per heavy atom. The van der Waals surface area contributed by atoms with Crippen LogP contribution >= 0.6 is 11.6 Å². The molecule has 4 nitrogen and oxygen atoms in total. The van der Waals surface area contributed by atoms with Gasteiger partial charge in [-0.1, -0.05) is 11.6 Å². The van der Waals surface area contributed by atoms with Gasteiger partial charge in [0.1, 0.15) is 5.75 Å². The summed E-state index contributed by atoms with van der Waals surface area (Å²) in [6.45, 7) is 1.01. The fourth-order valence-electron chi connectivity index (χ4n) is 2.09. The van der Waals surface area contributed by atoms with Crippen LogP contribution < -0.4 is 10.5 Å². The summed E-state index contributed by atoms with van der Waals surface area (Å²) in [7, 11) is 1.52. The van der Waals surface area contributed by atoms with Gasteiger partial charge in [0.25, 0.3) is 0 Å². The quantitative estimate of drug-likeness (QED) is 0.853. The van der Waals surface area contributed by atoms with Gasteiger partial charge in [-0.05, 0) is 31.0 Å². The van der Waals surface area contributed by atoms with E-state index < -0.39 is 5.54 Å². The minimum Gasteiger partial charge on any atom is -0.496 e. The van der Waals surface area contributed by atoms with Crippen molar-refractivity contribution in [2.75, 3.05) is 20.3 Å². The van der Waals surface area contributed by atoms with Gasteiger partial charge in [-0.15, -0.1) is 0 Å². The second-order valence-electron chi connectivity index (χ2n) is 4.44. The van der Waals surface area contributed by atoms with E-state index in [-0.39, 0.29) is 5.78 Å². The number of hydrogen-bond donors (Lipinski definition) is 1. The highest BCUT2D eigenvalue weighted by atomic mass is 35.5. The van der Waals surface area contributed by atoms with Crippen molar-refractivity contribution in [3.8, 4) is 5.75 Å². The van der Waals surface area contributed by atoms with Crippen LogP contribution in [0.5, 0.6) is 5.75 Å². The van der Waals surface area contributed by atoms with Crippen molar-refractivity contribution < 1.29 is 14.3 Å². The predicted octanol–water partition coefficient (Wildman–Crippen LogP) is 2.04. The minimum atomic E-state index is -0.879. The van der Waals surface area contributed by atoms with Crippen molar-refractivity contribution in [3.63, 3.8) is 0 Å². The molecule has 1 saturated heterocycles. The first-order valence-corrected chi connectivity index (χ1v) is 6.19. The van der Waals surface area contributed by atoms with E-state index in [4.69, 9.17) is 26.8 Å². The maximum Gasteiger partial charge on any atom is 0.186 e. The van der Waals surface area contributed by atoms with E-state index in [2.05, 4.69) is 0 Å². The van der Waals surface area contributed by atoms with Crippen molar-refractivity contribution in [1.29, 1.82) is 0 Å². The first-order valence-electron chi connectivity index (χ1n) is 5.82. The van der Waals surface area contributed by atoms with Gasteiger partial charge in [0, 0.05) is 18.2 Å². The fraction of sp³-hybridized carbons (Fsp3) is 0.462. The second kappa shape index (κ2) is 5.26. The molecule has 0 unspecified atom stereocenters. The van der Waals surface area contributed by atoms with Gasteiger partial charge in [0.05, 0.1) is 18.2 Å². The largest absolute Gasteiger partial charge is 0.496 e. The molecule has 0 atom stereocenters. The van der Waals surface area contributed by atoms with Gasteiger partial charge in [-0.25, -0.2) is 0 Å². The van der Waals surface area contributed by atoms with Crippen LogP contribution in [-0.4, -0.2) is 31.6 Å². The molecule has 0 saturated carbocycles. The van der Waals surface area contributed by atoms with Gasteiger partial charge in [0.2, 0.25) is 0 Å². The Bertz CT molecular complexity index is 456. The zero-order valence-corrected chi connectivity index (χ0v) is 11.0. The molecule has 1 heterocycles. The van der Waals surface area contributed by atoms with E-state index in [1.54, 1.807) is 18.2 Å². The van der Waals surface area contributed by atoms with Gasteiger partial charge in [0.15, 0.2) is 5.78 Å². The average molecular weight is 270 g/mol. The number of carbonyl (C=O) groups is 1. The molecule has 0 aromatic heterocycles. The summed E-state index contributed by atoms with van der Waals surface area (Å²) in [6.07, 6.45) is 1.03. The number of rotatable bonds is 3. The summed E-state index contributed by atoms with van der Waals surface area (Å²) < 4.78 is 10.4. The first-order chi connectivity index (χ1) is 8.57. The third-order valence-electron chi connectivity index (χ3n) is 3.24. The molecule has 1 aliphatic heterocycles. The molecule has 2 N–H and O–H groups in total. The molecule has 0 spiro atoms. The standard InChI is InChI=1S/C13H16ClNO3/c1-17-11-3-2-9(14)8-10(11)12(16)13(15)4-6-18-7-5-13/h2-3,8H,4-7,15H2,1H3. The molecule has 0 radical (unpaired) electrons. The summed E-state index contributed by atoms with van der Waals surface area (Å²) >= 11 is 5.93. The molecule has 1 aliphatic rings. The molecule has 0 amide bonds. The molecular weight excluding hydrogens is 254 g/mol. The highest BCUT2D eigenvalue weighted by Crippen LogP contribution is 2.29. The second-order valence-corrected chi connectivity index (χ2v) is 4.88. The summed E-state index contributed by atoms with van der Waals surface area (Å²) in [6, 6.07) is 4.97. The van der Waals surface area contributed by atoms with Crippen LogP contribution in [0.2, 0.25) is 5.02 Å². The van der Waals surface area contributed by atoms with Crippen molar-refractivity contribution in [2.24, 2.45) is 5.73 Å². The number of carbonyl (C=O) groups excluding carboxylic acids is 1. The zero-order chi connectivity index (χ0) is 13.2. The fourth-order valence-corrected chi connectivity index (χ4v) is 2.26. The lowest BCUT2D eigenvalue weighted by Crippen LogP contribution is -2.52. The van der Waals surface area contributed by atoms with Crippen LogP contribution in [0.15, 0.2) is 18.2 Å². The number of ether oxygens (including phenoxy) is 2. The topological polar surface area (TPSA) is 61.5 Å². The summed E-state index contributed by atoms with van der Waals surface area (Å²) in [5, 5.41) is 0.495. The molecule has 0 aliphatic carbocycles. The van der Waals surface area contributed by atoms with Gasteiger partial charge >= 0.3 is 0 Å². The van der Waals surface area contributed by atoms with E-state index in [0.29, 0.717) is 42.4 Å². The van der Waals surface area contributed by atoms with Gasteiger partial charge in [-0.3, -0.25) is 4.79 Å². The lowest BCUT2D eigenvalue weighted by molar-refractivity contribution is 0.0446. The number of benzene rings is 1. The molecule has 18 heavy (non-hydrogen) atoms. The lowest BCUT2D eigenvalue weighted by atomic mass is 9.83. The van der Waals surface area contributed by atoms with Crippen LogP contribution in [-0.2, 0) is 4.74 Å². The Hall–Kier alpha value is -1.10. The number of methoxy groups -OCH3 is 1. The third-order valence-corrected chi connectivity index (χ3v) is 3.48. The lowest BCUT2D eigenvalue weighted by Gasteiger charge is -2.32. The van der Waals surface area contributed by atoms with Crippen molar-refractivity contribution in [1.82, 2.24) is 0 Å². The van der Waals surface area contributed by atoms with E-state index in [1.165, 1.54) is 7.11 Å². The number of hydrogen-bond acceptors (Lipinski definition) is 4. The molecule has 0 bridgehead atoms. The zero-order valence-electron chi connectivity index (χ0n) is 10.2. The molecule has 1 fully saturated rings. The number of nitrogens with two attached hydrogens (primary N) is 1. The monoisotopic (exact) mass is 269 g/mol. The number of halogens is 1. The van der Waals surface area contributed by atoms with Crippen molar-refractivity contribution >= 4 is 17.4 Å². The minimum absolute atomic E-state index is 0.134. The molecule has 1 aromatic rings. The predicted molar refractivity (Wildman–Crippen MR) is 69.3 cm³/mol. The van der Waals surface area contributed by atoms with Crippen molar-refractivity contribution in [2.45, 2.75) is 18.4 Å². The Morgan fingerprint density at radius 2 is 2.11 bits per heavy atom. The first kappa shape index (κ1) is 13.3. The van der Waals surface area contributed by atoms with Crippen LogP contribution in [0.4, 0.5) is 0 Å². The van der Waals surface area contributed by atoms with E-state index in [0.717, 1.165) is 0 Å². The molecule has 1 aromatic carbocycles. The van der Waals surface area contributed by atoms with Crippen LogP contribution in [0.25, 0.3) is 0 Å². The van der Waals surface area contributed by atoms with Gasteiger partial charge in [-0.2, -0.15) is 0 Å². The molecule has 5 heteroatoms. The molecular formula is C13H16ClNO3. The molecule has 2 rings (SSSR count). The highest BCUT2D eigenvalue weighted by molar-refractivity contribution is 6.31. The third kappa shape index (κ3) is 2.51. The van der Waals surface area contributed by atoms with E-state index in [9.17, 15) is 4.79 Å². The Balaban J connectivity index is 2.35. The van der Waals surface area contributed by atoms with Crippen LogP contribution in [0, 0.1) is 0 Å². The van der Waals surface area contributed by atoms with Crippen molar-refractivity contribution in [3.05, 3.63) is 28.8 Å². The summed E-state index contributed by atoms with van der Waals surface area (Å²) in [5.74, 6) is 0.367. The maximum absolute atomic E-state index is 12.5. The maximum atomic E-state index is 12.5. The Kier molecular flexibility index (Phi) is 3.90. The number of Topliss-reactive ketones (excluding diaryl/α,β-unsaturated/α-hetero) is 1. The van der Waals surface area contributed by atoms with E-state index >= 15 is 0 Å². The van der Waals surface area contributed by atoms with Crippen LogP contribution in [0.3, 0.4) is 0 Å². The SMILES string of the molecule is COc1ccc(Cl)cc1C(=O)C1(N)CCOCC1. The smallest absolute Gasteiger partial charge is 0.186 e. The van der Waals surface area contributed by atoms with Gasteiger partial charge < -0.3 is 15.2 Å². The summed E-state index contributed by atoms with van der Waals surface area (Å²) in [4.78, 5) is 12.5.